The van der Waals surface area contributed by atoms with E-state index < -0.39 is 0 Å². The van der Waals surface area contributed by atoms with Crippen LogP contribution in [0.15, 0.2) is 42.5 Å². The molecule has 0 unspecified atom stereocenters. The van der Waals surface area contributed by atoms with Crippen molar-refractivity contribution in [2.75, 3.05) is 40.6 Å². The Hall–Kier alpha value is -2.73. The van der Waals surface area contributed by atoms with Crippen LogP contribution in [0, 0.1) is 6.92 Å². The van der Waals surface area contributed by atoms with E-state index >= 15 is 0 Å². The number of hydrogen-bond acceptors (Lipinski definition) is 5. The lowest BCUT2D eigenvalue weighted by Crippen LogP contribution is -2.45. The highest BCUT2D eigenvalue weighted by Crippen LogP contribution is 2.38. The minimum absolute atomic E-state index is 0.0123. The third-order valence-electron chi connectivity index (χ3n) is 5.46. The summed E-state index contributed by atoms with van der Waals surface area (Å²) in [7, 11) is 3.25. The lowest BCUT2D eigenvalue weighted by Gasteiger charge is -2.38. The Morgan fingerprint density at radius 2 is 1.72 bits per heavy atom. The van der Waals surface area contributed by atoms with Crippen molar-refractivity contribution in [2.45, 2.75) is 25.2 Å². The molecule has 6 heteroatoms. The van der Waals surface area contributed by atoms with Crippen LogP contribution in [0.25, 0.3) is 0 Å². The second-order valence-corrected chi connectivity index (χ2v) is 7.34. The maximum atomic E-state index is 12.4. The number of hydrogen-bond donors (Lipinski definition) is 1. The Bertz CT molecular complexity index is 813. The SMILES string of the molecule is COc1ccc(C2(CNC(=O)COc3ccc(C)cc3)CCOCC2)cc1OC. The molecule has 29 heavy (non-hydrogen) atoms. The van der Waals surface area contributed by atoms with Crippen LogP contribution >= 0.6 is 0 Å². The Balaban J connectivity index is 1.67. The van der Waals surface area contributed by atoms with Gasteiger partial charge >= 0.3 is 0 Å². The van der Waals surface area contributed by atoms with Crippen molar-refractivity contribution in [3.63, 3.8) is 0 Å². The molecule has 1 N–H and O–H groups in total. The Kier molecular flexibility index (Phi) is 6.99. The van der Waals surface area contributed by atoms with Crippen molar-refractivity contribution in [1.29, 1.82) is 0 Å². The van der Waals surface area contributed by atoms with E-state index in [4.69, 9.17) is 18.9 Å². The molecular weight excluding hydrogens is 370 g/mol. The first kappa shape index (κ1) is 21.0. The van der Waals surface area contributed by atoms with Gasteiger partial charge in [-0.15, -0.1) is 0 Å². The molecule has 0 aliphatic carbocycles. The molecule has 0 radical (unpaired) electrons. The largest absolute Gasteiger partial charge is 0.493 e. The summed E-state index contributed by atoms with van der Waals surface area (Å²) in [5.74, 6) is 1.92. The van der Waals surface area contributed by atoms with Crippen LogP contribution in [0.5, 0.6) is 17.2 Å². The number of amides is 1. The van der Waals surface area contributed by atoms with E-state index in [1.165, 1.54) is 0 Å². The molecule has 3 rings (SSSR count). The molecule has 1 saturated heterocycles. The van der Waals surface area contributed by atoms with Crippen molar-refractivity contribution in [3.8, 4) is 17.2 Å². The van der Waals surface area contributed by atoms with Crippen LogP contribution < -0.4 is 19.5 Å². The monoisotopic (exact) mass is 399 g/mol. The first-order valence-electron chi connectivity index (χ1n) is 9.83. The van der Waals surface area contributed by atoms with Gasteiger partial charge in [0.15, 0.2) is 18.1 Å². The number of carbonyl (C=O) groups excluding carboxylic acids is 1. The quantitative estimate of drug-likeness (QED) is 0.738. The predicted octanol–water partition coefficient (Wildman–Crippen LogP) is 3.26. The molecule has 0 spiro atoms. The zero-order valence-electron chi connectivity index (χ0n) is 17.3. The molecule has 2 aromatic carbocycles. The lowest BCUT2D eigenvalue weighted by atomic mass is 9.74. The Labute approximate surface area is 172 Å². The number of ether oxygens (including phenoxy) is 4. The van der Waals surface area contributed by atoms with E-state index in [9.17, 15) is 4.79 Å². The standard InChI is InChI=1S/C23H29NO5/c1-17-4-7-19(8-5-17)29-15-22(25)24-16-23(10-12-28-13-11-23)18-6-9-20(26-2)21(14-18)27-3/h4-9,14H,10-13,15-16H2,1-3H3,(H,24,25). The Morgan fingerprint density at radius 3 is 2.38 bits per heavy atom. The van der Waals surface area contributed by atoms with Gasteiger partial charge in [0.1, 0.15) is 5.75 Å². The summed E-state index contributed by atoms with van der Waals surface area (Å²) in [5.41, 5.74) is 2.05. The van der Waals surface area contributed by atoms with Gasteiger partial charge in [-0.1, -0.05) is 23.8 Å². The molecule has 0 aromatic heterocycles. The van der Waals surface area contributed by atoms with Crippen LogP contribution in [0.3, 0.4) is 0 Å². The van der Waals surface area contributed by atoms with Gasteiger partial charge in [-0.3, -0.25) is 4.79 Å². The van der Waals surface area contributed by atoms with E-state index in [0.29, 0.717) is 37.0 Å². The second-order valence-electron chi connectivity index (χ2n) is 7.34. The average molecular weight is 399 g/mol. The first-order valence-corrected chi connectivity index (χ1v) is 9.83. The number of nitrogens with one attached hydrogen (secondary N) is 1. The summed E-state index contributed by atoms with van der Waals surface area (Å²) in [4.78, 5) is 12.4. The molecule has 1 fully saturated rings. The number of methoxy groups -OCH3 is 2. The predicted molar refractivity (Wildman–Crippen MR) is 111 cm³/mol. The van der Waals surface area contributed by atoms with Crippen LogP contribution in [0.2, 0.25) is 0 Å². The minimum Gasteiger partial charge on any atom is -0.493 e. The maximum absolute atomic E-state index is 12.4. The van der Waals surface area contributed by atoms with Crippen LogP contribution in [-0.2, 0) is 14.9 Å². The second kappa shape index (κ2) is 9.65. The molecule has 0 bridgehead atoms. The number of benzene rings is 2. The Morgan fingerprint density at radius 1 is 1.03 bits per heavy atom. The molecule has 1 heterocycles. The highest BCUT2D eigenvalue weighted by molar-refractivity contribution is 5.77. The van der Waals surface area contributed by atoms with Gasteiger partial charge in [0.2, 0.25) is 0 Å². The van der Waals surface area contributed by atoms with E-state index in [-0.39, 0.29) is 17.9 Å². The van der Waals surface area contributed by atoms with Gasteiger partial charge in [0.25, 0.3) is 5.91 Å². The van der Waals surface area contributed by atoms with Crippen molar-refractivity contribution in [1.82, 2.24) is 5.32 Å². The summed E-state index contributed by atoms with van der Waals surface area (Å²) < 4.78 is 22.0. The normalized spacial score (nSPS) is 15.4. The highest BCUT2D eigenvalue weighted by Gasteiger charge is 2.35. The topological polar surface area (TPSA) is 66.0 Å². The van der Waals surface area contributed by atoms with Crippen LogP contribution in [0.4, 0.5) is 0 Å². The fourth-order valence-corrected chi connectivity index (χ4v) is 3.60. The summed E-state index contributed by atoms with van der Waals surface area (Å²) in [6.45, 7) is 3.83. The van der Waals surface area contributed by atoms with Crippen molar-refractivity contribution < 1.29 is 23.7 Å². The molecule has 6 nitrogen and oxygen atoms in total. The summed E-state index contributed by atoms with van der Waals surface area (Å²) in [6, 6.07) is 13.6. The van der Waals surface area contributed by atoms with Crippen molar-refractivity contribution >= 4 is 5.91 Å². The summed E-state index contributed by atoms with van der Waals surface area (Å²) in [6.07, 6.45) is 1.64. The van der Waals surface area contributed by atoms with Crippen LogP contribution in [0.1, 0.15) is 24.0 Å². The van der Waals surface area contributed by atoms with Gasteiger partial charge in [-0.2, -0.15) is 0 Å². The fourth-order valence-electron chi connectivity index (χ4n) is 3.60. The van der Waals surface area contributed by atoms with Gasteiger partial charge in [0.05, 0.1) is 14.2 Å². The third kappa shape index (κ3) is 5.21. The van der Waals surface area contributed by atoms with E-state index in [1.54, 1.807) is 14.2 Å². The first-order chi connectivity index (χ1) is 14.1. The smallest absolute Gasteiger partial charge is 0.257 e. The van der Waals surface area contributed by atoms with Crippen molar-refractivity contribution in [2.24, 2.45) is 0 Å². The molecule has 2 aromatic rings. The number of rotatable bonds is 8. The zero-order valence-corrected chi connectivity index (χ0v) is 17.3. The van der Waals surface area contributed by atoms with E-state index in [2.05, 4.69) is 5.32 Å². The molecule has 0 saturated carbocycles. The highest BCUT2D eigenvalue weighted by atomic mass is 16.5. The minimum atomic E-state index is -0.211. The summed E-state index contributed by atoms with van der Waals surface area (Å²) in [5, 5.41) is 3.05. The zero-order chi connectivity index (χ0) is 20.7. The fraction of sp³-hybridized carbons (Fsp3) is 0.435. The van der Waals surface area contributed by atoms with E-state index in [1.807, 2.05) is 49.4 Å². The number of aryl methyl sites for hydroxylation is 1. The van der Waals surface area contributed by atoms with Gasteiger partial charge in [0, 0.05) is 25.2 Å². The molecule has 156 valence electrons. The maximum Gasteiger partial charge on any atom is 0.257 e. The van der Waals surface area contributed by atoms with Gasteiger partial charge in [-0.25, -0.2) is 0 Å². The van der Waals surface area contributed by atoms with Gasteiger partial charge < -0.3 is 24.3 Å². The third-order valence-corrected chi connectivity index (χ3v) is 5.46. The molecule has 1 amide bonds. The lowest BCUT2D eigenvalue weighted by molar-refractivity contribution is -0.123. The van der Waals surface area contributed by atoms with Crippen LogP contribution in [-0.4, -0.2) is 46.5 Å². The van der Waals surface area contributed by atoms with Crippen molar-refractivity contribution in [3.05, 3.63) is 53.6 Å². The number of carbonyl (C=O) groups is 1. The van der Waals surface area contributed by atoms with Gasteiger partial charge in [-0.05, 0) is 49.6 Å². The average Bonchev–Trinajstić information content (AvgIpc) is 2.77. The molecule has 1 aliphatic rings. The summed E-state index contributed by atoms with van der Waals surface area (Å²) >= 11 is 0. The molecule has 0 atom stereocenters. The molecule has 1 aliphatic heterocycles. The molecular formula is C23H29NO5. The van der Waals surface area contributed by atoms with E-state index in [0.717, 1.165) is 24.0 Å².